The van der Waals surface area contributed by atoms with Crippen LogP contribution in [0.3, 0.4) is 0 Å². The summed E-state index contributed by atoms with van der Waals surface area (Å²) in [6, 6.07) is 51.5. The molecule has 0 amide bonds. The summed E-state index contributed by atoms with van der Waals surface area (Å²) in [6.07, 6.45) is 37.7. The molecule has 2 aliphatic rings. The minimum Gasteiger partial charge on any atom is -0.298 e. The Balaban J connectivity index is 1.14. The van der Waals surface area contributed by atoms with E-state index in [1.807, 2.05) is 48.7 Å². The van der Waals surface area contributed by atoms with Crippen LogP contribution in [0, 0.1) is 45.3 Å². The van der Waals surface area contributed by atoms with Crippen molar-refractivity contribution in [2.24, 2.45) is 0 Å². The van der Waals surface area contributed by atoms with Gasteiger partial charge >= 0.3 is 0 Å². The minimum absolute atomic E-state index is 0.0618. The summed E-state index contributed by atoms with van der Waals surface area (Å²) in [6.45, 7) is 13.6. The van der Waals surface area contributed by atoms with Crippen LogP contribution in [0.2, 0.25) is 0 Å². The lowest BCUT2D eigenvalue weighted by Gasteiger charge is -2.34. The summed E-state index contributed by atoms with van der Waals surface area (Å²) >= 11 is 9.76. The van der Waals surface area contributed by atoms with Crippen LogP contribution in [-0.4, -0.2) is 9.13 Å². The van der Waals surface area contributed by atoms with Crippen LogP contribution in [0.4, 0.5) is 0 Å². The molecular weight excluding hydrogens is 1390 g/mol. The van der Waals surface area contributed by atoms with Gasteiger partial charge in [0.25, 0.3) is 11.1 Å². The first kappa shape index (κ1) is 75.9. The summed E-state index contributed by atoms with van der Waals surface area (Å²) in [4.78, 5) is 35.7. The molecule has 0 spiro atoms. The van der Waals surface area contributed by atoms with Crippen molar-refractivity contribution in [3.05, 3.63) is 225 Å². The molecular formula is C90H98N6O2S6. The van der Waals surface area contributed by atoms with Gasteiger partial charge in [0.15, 0.2) is 11.1 Å². The predicted molar refractivity (Wildman–Crippen MR) is 442 cm³/mol. The quantitative estimate of drug-likeness (QED) is 0.0358. The molecule has 0 unspecified atom stereocenters. The summed E-state index contributed by atoms with van der Waals surface area (Å²) in [5.74, 6) is 0. The van der Waals surface area contributed by atoms with Gasteiger partial charge in [-0.25, -0.2) is 0 Å². The second-order valence-electron chi connectivity index (χ2n) is 28.5. The standard InChI is InChI=1S/C90H98N6O2S6/c1-7-13-17-21-25-29-33-61-37-45-67(46-38-61)89(68-47-39-62(40-48-68)34-30-26-22-18-14-8-2)73-53-71(55-75-85(97)95(11-5)87(101-75)65(57-91)58-92)99-79(73)81-77(89)83-84(103-81)78-82(104-83)80-74(54-72(100-80)56-76-86(98)96(12-6)88(102-76)66(59-93)60-94)90(78,69-49-41-63(42-50-69)35-31-27-23-19-15-9-3)70-51-43-64(44-52-70)36-32-28-24-20-16-10-4/h37-56H,7-36H2,1-6H3/b75-55+,76-56+. The van der Waals surface area contributed by atoms with Crippen molar-refractivity contribution in [2.45, 2.75) is 245 Å². The fourth-order valence-corrected chi connectivity index (χ4v) is 24.3. The zero-order valence-electron chi connectivity index (χ0n) is 61.7. The van der Waals surface area contributed by atoms with E-state index in [1.54, 1.807) is 31.8 Å². The van der Waals surface area contributed by atoms with E-state index < -0.39 is 10.8 Å². The van der Waals surface area contributed by atoms with Crippen LogP contribution in [0.15, 0.2) is 119 Å². The molecule has 12 rings (SSSR count). The topological polar surface area (TPSA) is 139 Å². The van der Waals surface area contributed by atoms with Crippen molar-refractivity contribution in [2.75, 3.05) is 0 Å². The van der Waals surface area contributed by atoms with Crippen molar-refractivity contribution in [3.8, 4) is 43.8 Å². The molecule has 4 aromatic carbocycles. The SMILES string of the molecule is CCCCCCCCc1ccc(C2(c3ccc(CCCCCCCC)cc3)c3cc(/C=c4/sc(=C(C#N)C#N)n(CC)c4=O)sc3-c3sc4c5c(sc4c32)-c2sc(/C=c3/sc(=C(C#N)C#N)n(CC)c3=O)cc2C5(c2ccc(CCCCCCCC)cc2)c2ccc(CCCCCCCC)cc2)cc1. The second-order valence-corrected chi connectivity index (χ2v) is 34.8. The number of thiophene rings is 4. The van der Waals surface area contributed by atoms with E-state index in [0.717, 1.165) is 61.1 Å². The first-order valence-electron chi connectivity index (χ1n) is 38.8. The molecule has 2 aliphatic carbocycles. The van der Waals surface area contributed by atoms with E-state index >= 15 is 0 Å². The lowest BCUT2D eigenvalue weighted by atomic mass is 9.67. The molecule has 0 aliphatic heterocycles. The number of benzene rings is 4. The van der Waals surface area contributed by atoms with Gasteiger partial charge in [0.1, 0.15) is 33.6 Å². The number of unbranched alkanes of at least 4 members (excludes halogenated alkanes) is 20. The Morgan fingerprint density at radius 2 is 0.625 bits per heavy atom. The summed E-state index contributed by atoms with van der Waals surface area (Å²) in [5.41, 5.74) is 13.0. The number of hydrogen-bond donors (Lipinski definition) is 0. The lowest BCUT2D eigenvalue weighted by molar-refractivity contribution is 0.607. The maximum atomic E-state index is 14.5. The van der Waals surface area contributed by atoms with Crippen LogP contribution in [0.5, 0.6) is 0 Å². The summed E-state index contributed by atoms with van der Waals surface area (Å²) in [7, 11) is 0. The number of hydrogen-bond acceptors (Lipinski definition) is 12. The molecule has 0 saturated heterocycles. The molecule has 0 N–H and O–H groups in total. The van der Waals surface area contributed by atoms with E-state index in [2.05, 4.69) is 161 Å². The van der Waals surface area contributed by atoms with E-state index in [4.69, 9.17) is 0 Å². The highest BCUT2D eigenvalue weighted by atomic mass is 32.1. The van der Waals surface area contributed by atoms with Crippen molar-refractivity contribution in [3.63, 3.8) is 0 Å². The van der Waals surface area contributed by atoms with Crippen molar-refractivity contribution in [1.29, 1.82) is 21.0 Å². The largest absolute Gasteiger partial charge is 0.298 e. The third kappa shape index (κ3) is 15.2. The van der Waals surface area contributed by atoms with E-state index in [9.17, 15) is 30.6 Å². The molecule has 14 heteroatoms. The number of aromatic nitrogens is 2. The van der Waals surface area contributed by atoms with Gasteiger partial charge in [-0.3, -0.25) is 18.7 Å². The van der Waals surface area contributed by atoms with Gasteiger partial charge in [-0.15, -0.1) is 68.0 Å². The van der Waals surface area contributed by atoms with Crippen LogP contribution < -0.4 is 29.5 Å². The maximum absolute atomic E-state index is 14.5. The average Bonchev–Trinajstić information content (AvgIpc) is 1.48. The van der Waals surface area contributed by atoms with Gasteiger partial charge in [-0.05, 0) is 145 Å². The van der Waals surface area contributed by atoms with E-state index in [0.29, 0.717) is 31.5 Å². The van der Waals surface area contributed by atoms with E-state index in [1.165, 1.54) is 247 Å². The highest BCUT2D eigenvalue weighted by Gasteiger charge is 2.55. The zero-order valence-corrected chi connectivity index (χ0v) is 66.6. The first-order valence-corrected chi connectivity index (χ1v) is 43.7. The first-order chi connectivity index (χ1) is 51.0. The Morgan fingerprint density at radius 1 is 0.356 bits per heavy atom. The lowest BCUT2D eigenvalue weighted by Crippen LogP contribution is -2.31. The molecule has 8 nitrogen and oxygen atoms in total. The summed E-state index contributed by atoms with van der Waals surface area (Å²) < 4.78 is 7.41. The van der Waals surface area contributed by atoms with Crippen LogP contribution in [-0.2, 0) is 49.6 Å². The number of fused-ring (bicyclic) bond motifs is 9. The van der Waals surface area contributed by atoms with Crippen LogP contribution in [0.25, 0.3) is 52.2 Å². The highest BCUT2D eigenvalue weighted by molar-refractivity contribution is 7.34. The third-order valence-electron chi connectivity index (χ3n) is 21.7. The molecule has 0 fully saturated rings. The van der Waals surface area contributed by atoms with Crippen LogP contribution >= 0.6 is 68.0 Å². The molecule has 536 valence electrons. The minimum atomic E-state index is -0.802. The molecule has 10 aromatic rings. The number of thiazole rings is 2. The molecule has 6 aromatic heterocycles. The Kier molecular flexibility index (Phi) is 26.0. The summed E-state index contributed by atoms with van der Waals surface area (Å²) in [5, 5.41) is 40.6. The van der Waals surface area contributed by atoms with Gasteiger partial charge < -0.3 is 0 Å². The number of nitrogens with zero attached hydrogens (tertiary/aromatic N) is 6. The highest BCUT2D eigenvalue weighted by Crippen LogP contribution is 2.70. The maximum Gasteiger partial charge on any atom is 0.269 e. The smallest absolute Gasteiger partial charge is 0.269 e. The monoisotopic (exact) mass is 1490 g/mol. The van der Waals surface area contributed by atoms with Crippen molar-refractivity contribution in [1.82, 2.24) is 9.13 Å². The Labute approximate surface area is 639 Å². The van der Waals surface area contributed by atoms with E-state index in [-0.39, 0.29) is 22.3 Å². The molecule has 0 bridgehead atoms. The fraction of sp³-hybridized carbons (Fsp3) is 0.422. The molecule has 104 heavy (non-hydrogen) atoms. The molecule has 0 saturated carbocycles. The van der Waals surface area contributed by atoms with Crippen molar-refractivity contribution < 1.29 is 0 Å². The number of rotatable bonds is 36. The Hall–Kier alpha value is -7.76. The zero-order chi connectivity index (χ0) is 72.7. The fourth-order valence-electron chi connectivity index (χ4n) is 16.2. The van der Waals surface area contributed by atoms with Crippen LogP contribution in [0.1, 0.15) is 272 Å². The molecule has 0 atom stereocenters. The van der Waals surface area contributed by atoms with Crippen molar-refractivity contribution >= 4 is 101 Å². The Morgan fingerprint density at radius 3 is 0.885 bits per heavy atom. The van der Waals surface area contributed by atoms with Gasteiger partial charge in [0.05, 0.1) is 48.8 Å². The average molecular weight is 1490 g/mol. The van der Waals surface area contributed by atoms with Gasteiger partial charge in [-0.2, -0.15) is 21.0 Å². The van der Waals surface area contributed by atoms with Gasteiger partial charge in [-0.1, -0.05) is 253 Å². The van der Waals surface area contributed by atoms with Gasteiger partial charge in [0, 0.05) is 34.0 Å². The second kappa shape index (κ2) is 35.6. The Bertz CT molecular complexity index is 4750. The molecule has 6 heterocycles. The normalized spacial score (nSPS) is 13.4. The van der Waals surface area contributed by atoms with Gasteiger partial charge in [0.2, 0.25) is 0 Å². The predicted octanol–water partition coefficient (Wildman–Crippen LogP) is 22.0. The molecule has 0 radical (unpaired) electrons. The third-order valence-corrected chi connectivity index (χ3v) is 29.0. The number of nitriles is 4. The number of aryl methyl sites for hydroxylation is 4.